The van der Waals surface area contributed by atoms with Crippen LogP contribution in [0.2, 0.25) is 0 Å². The van der Waals surface area contributed by atoms with Crippen molar-refractivity contribution in [2.24, 2.45) is 0 Å². The van der Waals surface area contributed by atoms with E-state index >= 15 is 0 Å². The van der Waals surface area contributed by atoms with Gasteiger partial charge >= 0.3 is 5.97 Å². The summed E-state index contributed by atoms with van der Waals surface area (Å²) in [6.07, 6.45) is -0.0539. The smallest absolute Gasteiger partial charge is 0.307 e. The highest BCUT2D eigenvalue weighted by Gasteiger charge is 2.12. The van der Waals surface area contributed by atoms with Crippen molar-refractivity contribution in [3.05, 3.63) is 64.7 Å². The van der Waals surface area contributed by atoms with E-state index in [0.29, 0.717) is 24.1 Å². The third-order valence-electron chi connectivity index (χ3n) is 4.21. The third kappa shape index (κ3) is 5.84. The first-order valence-corrected chi connectivity index (χ1v) is 8.52. The lowest BCUT2D eigenvalue weighted by Gasteiger charge is -2.18. The maximum Gasteiger partial charge on any atom is 0.307 e. The van der Waals surface area contributed by atoms with Crippen LogP contribution in [-0.4, -0.2) is 39.0 Å². The van der Waals surface area contributed by atoms with Crippen LogP contribution in [-0.2, 0) is 24.2 Å². The van der Waals surface area contributed by atoms with E-state index in [-0.39, 0.29) is 24.8 Å². The zero-order chi connectivity index (χ0) is 19.1. The summed E-state index contributed by atoms with van der Waals surface area (Å²) in [5.41, 5.74) is 2.80. The molecule has 0 radical (unpaired) electrons. The minimum atomic E-state index is -0.854. The molecule has 0 heterocycles. The fourth-order valence-corrected chi connectivity index (χ4v) is 2.84. The van der Waals surface area contributed by atoms with Gasteiger partial charge in [0.05, 0.1) is 19.1 Å². The average Bonchev–Trinajstić information content (AvgIpc) is 2.59. The average molecular weight is 359 g/mol. The summed E-state index contributed by atoms with van der Waals surface area (Å²) in [5, 5.41) is 41.2. The van der Waals surface area contributed by atoms with Gasteiger partial charge in [-0.1, -0.05) is 30.3 Å². The molecular weight excluding hydrogens is 334 g/mol. The van der Waals surface area contributed by atoms with Gasteiger partial charge in [-0.15, -0.1) is 0 Å². The van der Waals surface area contributed by atoms with Crippen molar-refractivity contribution >= 4 is 5.97 Å². The number of carboxylic acid groups (broad SMARTS) is 1. The predicted molar refractivity (Wildman–Crippen MR) is 97.9 cm³/mol. The Balaban J connectivity index is 1.90. The van der Waals surface area contributed by atoms with E-state index in [9.17, 15) is 20.1 Å². The molecule has 0 saturated heterocycles. The quantitative estimate of drug-likeness (QED) is 0.467. The molecule has 0 aliphatic carbocycles. The minimum Gasteiger partial charge on any atom is -0.508 e. The molecule has 0 bridgehead atoms. The number of benzene rings is 2. The Kier molecular flexibility index (Phi) is 7.15. The molecule has 26 heavy (non-hydrogen) atoms. The summed E-state index contributed by atoms with van der Waals surface area (Å²) in [4.78, 5) is 10.8. The first-order valence-electron chi connectivity index (χ1n) is 8.52. The van der Waals surface area contributed by atoms with Gasteiger partial charge in [0.15, 0.2) is 0 Å². The Hall–Kier alpha value is -2.41. The van der Waals surface area contributed by atoms with Crippen molar-refractivity contribution in [3.8, 4) is 5.75 Å². The van der Waals surface area contributed by atoms with Gasteiger partial charge in [0.1, 0.15) is 5.75 Å². The number of carbonyl (C=O) groups is 1. The molecule has 6 heteroatoms. The number of carboxylic acids is 1. The summed E-state index contributed by atoms with van der Waals surface area (Å²) in [5.74, 6) is -0.849. The fraction of sp³-hybridized carbons (Fsp3) is 0.350. The lowest BCUT2D eigenvalue weighted by atomic mass is 10.0. The standard InChI is InChI=1S/C20H25NO5/c1-13(7-14-3-2-4-15(8-14)9-20(25)26)21-11-19(24)16-5-6-18(23)17(10-16)12-22/h2-6,8,10,13,19,21-24H,7,9,11-12H2,1H3,(H,25,26). The Morgan fingerprint density at radius 2 is 1.88 bits per heavy atom. The maximum atomic E-state index is 10.8. The Labute approximate surface area is 152 Å². The van der Waals surface area contributed by atoms with Crippen LogP contribution in [0, 0.1) is 0 Å². The molecule has 0 fully saturated rings. The molecule has 6 nitrogen and oxygen atoms in total. The lowest BCUT2D eigenvalue weighted by molar-refractivity contribution is -0.136. The third-order valence-corrected chi connectivity index (χ3v) is 4.21. The van der Waals surface area contributed by atoms with Crippen molar-refractivity contribution in [3.63, 3.8) is 0 Å². The normalized spacial score (nSPS) is 13.3. The van der Waals surface area contributed by atoms with Gasteiger partial charge < -0.3 is 25.7 Å². The summed E-state index contributed by atoms with van der Waals surface area (Å²) in [7, 11) is 0. The molecule has 2 aromatic rings. The predicted octanol–water partition coefficient (Wildman–Crippen LogP) is 1.77. The summed E-state index contributed by atoms with van der Waals surface area (Å²) in [6, 6.07) is 12.2. The largest absolute Gasteiger partial charge is 0.508 e. The highest BCUT2D eigenvalue weighted by molar-refractivity contribution is 5.70. The molecule has 2 aromatic carbocycles. The maximum absolute atomic E-state index is 10.8. The molecule has 0 aliphatic rings. The molecule has 0 aromatic heterocycles. The second-order valence-corrected chi connectivity index (χ2v) is 6.47. The Morgan fingerprint density at radius 1 is 1.15 bits per heavy atom. The molecule has 2 atom stereocenters. The van der Waals surface area contributed by atoms with Gasteiger partial charge in [-0.3, -0.25) is 4.79 Å². The first-order chi connectivity index (χ1) is 12.4. The molecule has 0 amide bonds. The number of phenols is 1. The number of aliphatic hydroxyl groups excluding tert-OH is 2. The lowest BCUT2D eigenvalue weighted by Crippen LogP contribution is -2.32. The molecule has 2 rings (SSSR count). The number of aromatic hydroxyl groups is 1. The fourth-order valence-electron chi connectivity index (χ4n) is 2.84. The van der Waals surface area contributed by atoms with E-state index in [2.05, 4.69) is 5.32 Å². The van der Waals surface area contributed by atoms with Crippen LogP contribution in [0.25, 0.3) is 0 Å². The molecule has 0 saturated carbocycles. The van der Waals surface area contributed by atoms with E-state index in [1.54, 1.807) is 18.2 Å². The minimum absolute atomic E-state index is 0.00239. The van der Waals surface area contributed by atoms with E-state index < -0.39 is 12.1 Å². The van der Waals surface area contributed by atoms with E-state index in [0.717, 1.165) is 11.1 Å². The molecular formula is C20H25NO5. The van der Waals surface area contributed by atoms with Crippen molar-refractivity contribution in [2.75, 3.05) is 6.54 Å². The monoisotopic (exact) mass is 359 g/mol. The Morgan fingerprint density at radius 3 is 2.58 bits per heavy atom. The van der Waals surface area contributed by atoms with E-state index in [1.165, 1.54) is 6.07 Å². The van der Waals surface area contributed by atoms with Gasteiger partial charge in [-0.25, -0.2) is 0 Å². The molecule has 140 valence electrons. The number of hydrogen-bond acceptors (Lipinski definition) is 5. The summed E-state index contributed by atoms with van der Waals surface area (Å²) < 4.78 is 0. The highest BCUT2D eigenvalue weighted by Crippen LogP contribution is 2.22. The van der Waals surface area contributed by atoms with Crippen molar-refractivity contribution in [2.45, 2.75) is 38.5 Å². The number of hydrogen-bond donors (Lipinski definition) is 5. The number of aliphatic carboxylic acids is 1. The van der Waals surface area contributed by atoms with Gasteiger partial charge in [0.25, 0.3) is 0 Å². The number of aliphatic hydroxyl groups is 2. The second-order valence-electron chi connectivity index (χ2n) is 6.47. The van der Waals surface area contributed by atoms with E-state index in [1.807, 2.05) is 25.1 Å². The topological polar surface area (TPSA) is 110 Å². The van der Waals surface area contributed by atoms with Gasteiger partial charge in [-0.05, 0) is 42.2 Å². The Bertz CT molecular complexity index is 747. The van der Waals surface area contributed by atoms with Gasteiger partial charge in [0, 0.05) is 18.2 Å². The van der Waals surface area contributed by atoms with Crippen LogP contribution in [0.5, 0.6) is 5.75 Å². The van der Waals surface area contributed by atoms with Crippen LogP contribution in [0.3, 0.4) is 0 Å². The van der Waals surface area contributed by atoms with Gasteiger partial charge in [-0.2, -0.15) is 0 Å². The van der Waals surface area contributed by atoms with Crippen molar-refractivity contribution in [1.29, 1.82) is 0 Å². The van der Waals surface area contributed by atoms with Gasteiger partial charge in [0.2, 0.25) is 0 Å². The van der Waals surface area contributed by atoms with Crippen LogP contribution in [0.1, 0.15) is 35.3 Å². The van der Waals surface area contributed by atoms with E-state index in [4.69, 9.17) is 5.11 Å². The van der Waals surface area contributed by atoms with Crippen LogP contribution < -0.4 is 5.32 Å². The second kappa shape index (κ2) is 9.33. The highest BCUT2D eigenvalue weighted by atomic mass is 16.4. The molecule has 0 spiro atoms. The summed E-state index contributed by atoms with van der Waals surface area (Å²) in [6.45, 7) is 2.03. The zero-order valence-corrected chi connectivity index (χ0v) is 14.7. The molecule has 5 N–H and O–H groups in total. The van der Waals surface area contributed by atoms with Crippen molar-refractivity contribution < 1.29 is 25.2 Å². The van der Waals surface area contributed by atoms with Crippen LogP contribution in [0.4, 0.5) is 0 Å². The SMILES string of the molecule is CC(Cc1cccc(CC(=O)O)c1)NCC(O)c1ccc(O)c(CO)c1. The van der Waals surface area contributed by atoms with Crippen molar-refractivity contribution in [1.82, 2.24) is 5.32 Å². The first kappa shape index (κ1) is 19.9. The number of rotatable bonds is 9. The molecule has 0 aliphatic heterocycles. The van der Waals surface area contributed by atoms with Crippen LogP contribution >= 0.6 is 0 Å². The van der Waals surface area contributed by atoms with Crippen LogP contribution in [0.15, 0.2) is 42.5 Å². The summed E-state index contributed by atoms with van der Waals surface area (Å²) >= 11 is 0. The number of nitrogens with one attached hydrogen (secondary N) is 1. The molecule has 2 unspecified atom stereocenters. The zero-order valence-electron chi connectivity index (χ0n) is 14.7.